The number of hydrogen-bond acceptors (Lipinski definition) is 9. The first-order valence-corrected chi connectivity index (χ1v) is 14.3. The highest BCUT2D eigenvalue weighted by Gasteiger charge is 2.32. The lowest BCUT2D eigenvalue weighted by Gasteiger charge is -2.36. The topological polar surface area (TPSA) is 143 Å². The maximum Gasteiger partial charge on any atom is 0.409 e. The molecule has 2 N–H and O–H groups in total. The average molecular weight is 583 g/mol. The van der Waals surface area contributed by atoms with Gasteiger partial charge >= 0.3 is 12.1 Å². The van der Waals surface area contributed by atoms with E-state index in [0.29, 0.717) is 24.7 Å². The Labute approximate surface area is 247 Å². The number of aromatic nitrogens is 2. The summed E-state index contributed by atoms with van der Waals surface area (Å²) in [7, 11) is 0. The third kappa shape index (κ3) is 9.71. The van der Waals surface area contributed by atoms with Crippen LogP contribution in [0.4, 0.5) is 10.6 Å². The quantitative estimate of drug-likeness (QED) is 0.403. The van der Waals surface area contributed by atoms with Gasteiger partial charge in [-0.05, 0) is 48.0 Å². The number of amides is 3. The van der Waals surface area contributed by atoms with Gasteiger partial charge in [-0.25, -0.2) is 14.8 Å². The Bertz CT molecular complexity index is 1240. The van der Waals surface area contributed by atoms with Crippen molar-refractivity contribution < 1.29 is 28.7 Å². The van der Waals surface area contributed by atoms with E-state index in [1.807, 2.05) is 44.2 Å². The van der Waals surface area contributed by atoms with E-state index >= 15 is 0 Å². The molecule has 1 aromatic carbocycles. The Hall–Kier alpha value is -4.22. The van der Waals surface area contributed by atoms with Crippen molar-refractivity contribution in [2.24, 2.45) is 0 Å². The third-order valence-corrected chi connectivity index (χ3v) is 6.21. The molecule has 1 aromatic heterocycles. The van der Waals surface area contributed by atoms with Gasteiger partial charge in [0.05, 0.1) is 6.61 Å². The predicted octanol–water partition coefficient (Wildman–Crippen LogP) is 3.48. The predicted molar refractivity (Wildman–Crippen MR) is 158 cm³/mol. The van der Waals surface area contributed by atoms with Crippen LogP contribution in [0.25, 0.3) is 11.4 Å². The van der Waals surface area contributed by atoms with Gasteiger partial charge in [-0.3, -0.25) is 14.4 Å². The van der Waals surface area contributed by atoms with E-state index in [0.717, 1.165) is 5.56 Å². The van der Waals surface area contributed by atoms with E-state index in [2.05, 4.69) is 20.6 Å². The van der Waals surface area contributed by atoms with Crippen molar-refractivity contribution in [1.29, 1.82) is 0 Å². The lowest BCUT2D eigenvalue weighted by Crippen LogP contribution is -2.56. The highest BCUT2D eigenvalue weighted by molar-refractivity contribution is 5.97. The second-order valence-corrected chi connectivity index (χ2v) is 11.3. The third-order valence-electron chi connectivity index (χ3n) is 6.21. The van der Waals surface area contributed by atoms with Crippen LogP contribution in [-0.4, -0.2) is 94.1 Å². The molecule has 0 spiro atoms. The molecule has 0 saturated carbocycles. The number of benzene rings is 1. The molecule has 42 heavy (non-hydrogen) atoms. The van der Waals surface area contributed by atoms with E-state index in [4.69, 9.17) is 9.47 Å². The van der Waals surface area contributed by atoms with Crippen molar-refractivity contribution in [2.45, 2.75) is 72.1 Å². The zero-order valence-electron chi connectivity index (χ0n) is 25.3. The maximum absolute atomic E-state index is 13.6. The first-order chi connectivity index (χ1) is 19.9. The number of esters is 1. The molecule has 3 amide bonds. The number of ether oxygens (including phenoxy) is 2. The molecule has 1 aliphatic heterocycles. The van der Waals surface area contributed by atoms with Crippen LogP contribution >= 0.6 is 0 Å². The summed E-state index contributed by atoms with van der Waals surface area (Å²) in [4.78, 5) is 64.0. The second kappa shape index (κ2) is 14.6. The Balaban J connectivity index is 1.82. The molecule has 1 aliphatic rings. The van der Waals surface area contributed by atoms with Crippen LogP contribution in [0.1, 0.15) is 64.9 Å². The van der Waals surface area contributed by atoms with Gasteiger partial charge in [-0.15, -0.1) is 0 Å². The monoisotopic (exact) mass is 582 g/mol. The molecule has 0 bridgehead atoms. The summed E-state index contributed by atoms with van der Waals surface area (Å²) in [5, 5.41) is 6.01. The van der Waals surface area contributed by atoms with Gasteiger partial charge < -0.3 is 29.9 Å². The summed E-state index contributed by atoms with van der Waals surface area (Å²) in [6, 6.07) is 9.85. The number of carbonyl (C=O) groups is 4. The standard InChI is InChI=1S/C30H42N6O6/c1-7-41-29(40)36-17-15-35(16-18-36)28(39)22(13-14-25(37)42-30(4,5)6)33-27(38)23-19-24(31-20(2)3)34-26(32-23)21-11-9-8-10-12-21/h8-12,19-20,22H,7,13-18H2,1-6H3,(H,33,38)(H,31,32,34)/t22-/m0/s1. The van der Waals surface area contributed by atoms with Gasteiger partial charge in [0.2, 0.25) is 5.91 Å². The molecule has 1 atom stereocenters. The van der Waals surface area contributed by atoms with Gasteiger partial charge in [-0.1, -0.05) is 30.3 Å². The Morgan fingerprint density at radius 2 is 1.62 bits per heavy atom. The lowest BCUT2D eigenvalue weighted by atomic mass is 10.1. The molecule has 0 radical (unpaired) electrons. The highest BCUT2D eigenvalue weighted by Crippen LogP contribution is 2.19. The summed E-state index contributed by atoms with van der Waals surface area (Å²) in [5.74, 6) is -0.574. The van der Waals surface area contributed by atoms with E-state index < -0.39 is 29.6 Å². The smallest absolute Gasteiger partial charge is 0.409 e. The molecular formula is C30H42N6O6. The summed E-state index contributed by atoms with van der Waals surface area (Å²) < 4.78 is 10.5. The largest absolute Gasteiger partial charge is 0.460 e. The first-order valence-electron chi connectivity index (χ1n) is 14.3. The van der Waals surface area contributed by atoms with Gasteiger partial charge in [0, 0.05) is 50.3 Å². The first kappa shape index (κ1) is 32.3. The van der Waals surface area contributed by atoms with E-state index in [-0.39, 0.29) is 50.2 Å². The number of carbonyl (C=O) groups excluding carboxylic acids is 4. The van der Waals surface area contributed by atoms with E-state index in [9.17, 15) is 19.2 Å². The van der Waals surface area contributed by atoms with Crippen LogP contribution in [-0.2, 0) is 19.1 Å². The molecule has 2 aromatic rings. The maximum atomic E-state index is 13.6. The summed E-state index contributed by atoms with van der Waals surface area (Å²) in [5.41, 5.74) is 0.128. The molecule has 0 unspecified atom stereocenters. The molecule has 0 aliphatic carbocycles. The molecule has 1 saturated heterocycles. The SMILES string of the molecule is CCOC(=O)N1CCN(C(=O)[C@H](CCC(=O)OC(C)(C)C)NC(=O)c2cc(NC(C)C)nc(-c3ccccc3)n2)CC1. The zero-order valence-corrected chi connectivity index (χ0v) is 25.3. The van der Waals surface area contributed by atoms with Crippen LogP contribution in [0.3, 0.4) is 0 Å². The van der Waals surface area contributed by atoms with Crippen molar-refractivity contribution in [2.75, 3.05) is 38.1 Å². The summed E-state index contributed by atoms with van der Waals surface area (Å²) >= 11 is 0. The lowest BCUT2D eigenvalue weighted by molar-refractivity contribution is -0.155. The number of piperazine rings is 1. The second-order valence-electron chi connectivity index (χ2n) is 11.3. The number of rotatable bonds is 10. The number of anilines is 1. The minimum Gasteiger partial charge on any atom is -0.460 e. The fourth-order valence-electron chi connectivity index (χ4n) is 4.34. The summed E-state index contributed by atoms with van der Waals surface area (Å²) in [6.45, 7) is 12.3. The number of hydrogen-bond donors (Lipinski definition) is 2. The molecule has 12 nitrogen and oxygen atoms in total. The fourth-order valence-corrected chi connectivity index (χ4v) is 4.34. The number of nitrogens with zero attached hydrogens (tertiary/aromatic N) is 4. The molecule has 3 rings (SSSR count). The number of nitrogens with one attached hydrogen (secondary N) is 2. The van der Waals surface area contributed by atoms with Crippen molar-refractivity contribution in [3.8, 4) is 11.4 Å². The van der Waals surface area contributed by atoms with Crippen LogP contribution in [0.15, 0.2) is 36.4 Å². The van der Waals surface area contributed by atoms with Crippen molar-refractivity contribution >= 4 is 29.7 Å². The van der Waals surface area contributed by atoms with Crippen molar-refractivity contribution in [3.63, 3.8) is 0 Å². The van der Waals surface area contributed by atoms with Gasteiger partial charge in [0.25, 0.3) is 5.91 Å². The highest BCUT2D eigenvalue weighted by atomic mass is 16.6. The molecule has 228 valence electrons. The molecule has 12 heteroatoms. The Morgan fingerprint density at radius 1 is 0.976 bits per heavy atom. The zero-order chi connectivity index (χ0) is 30.9. The Kier molecular flexibility index (Phi) is 11.2. The van der Waals surface area contributed by atoms with Gasteiger partial charge in [0.1, 0.15) is 23.2 Å². The normalized spacial score (nSPS) is 14.3. The van der Waals surface area contributed by atoms with Crippen LogP contribution in [0, 0.1) is 0 Å². The van der Waals surface area contributed by atoms with Crippen molar-refractivity contribution in [1.82, 2.24) is 25.1 Å². The minimum absolute atomic E-state index is 0.0330. The van der Waals surface area contributed by atoms with Crippen LogP contribution in [0.2, 0.25) is 0 Å². The van der Waals surface area contributed by atoms with Crippen LogP contribution in [0.5, 0.6) is 0 Å². The Morgan fingerprint density at radius 3 is 2.21 bits per heavy atom. The van der Waals surface area contributed by atoms with E-state index in [1.165, 1.54) is 11.0 Å². The molecular weight excluding hydrogens is 540 g/mol. The minimum atomic E-state index is -1.02. The fraction of sp³-hybridized carbons (Fsp3) is 0.533. The van der Waals surface area contributed by atoms with Gasteiger partial charge in [0.15, 0.2) is 5.82 Å². The van der Waals surface area contributed by atoms with E-state index in [1.54, 1.807) is 32.6 Å². The van der Waals surface area contributed by atoms with Gasteiger partial charge in [-0.2, -0.15) is 0 Å². The molecule has 1 fully saturated rings. The van der Waals surface area contributed by atoms with Crippen molar-refractivity contribution in [3.05, 3.63) is 42.1 Å². The molecule has 2 heterocycles. The average Bonchev–Trinajstić information content (AvgIpc) is 2.94. The van der Waals surface area contributed by atoms with Crippen LogP contribution < -0.4 is 10.6 Å². The summed E-state index contributed by atoms with van der Waals surface area (Å²) in [6.07, 6.45) is -0.468.